The number of fused-ring (bicyclic) bond motifs is 3. The molecular weight excluding hydrogens is 446 g/mol. The molecule has 3 aromatic rings. The van der Waals surface area contributed by atoms with E-state index < -0.39 is 0 Å². The number of hydrogen-bond acceptors (Lipinski definition) is 0. The third kappa shape index (κ3) is 8.62. The van der Waals surface area contributed by atoms with Gasteiger partial charge in [0.1, 0.15) is 0 Å². The molecule has 206 valence electrons. The summed E-state index contributed by atoms with van der Waals surface area (Å²) in [5.74, 6) is 0. The van der Waals surface area contributed by atoms with E-state index in [1.165, 1.54) is 123 Å². The highest BCUT2D eigenvalue weighted by Crippen LogP contribution is 2.36. The first kappa shape index (κ1) is 29.8. The molecule has 2 aromatic carbocycles. The molecule has 0 unspecified atom stereocenters. The van der Waals surface area contributed by atoms with Crippen LogP contribution in [0.5, 0.6) is 0 Å². The largest absolute Gasteiger partial charge is 0.340 e. The zero-order valence-corrected chi connectivity index (χ0v) is 25.5. The number of unbranched alkanes of at least 4 members (excludes halogenated alkanes) is 13. The van der Waals surface area contributed by atoms with Gasteiger partial charge in [-0.2, -0.15) is 0 Å². The number of aromatic nitrogens is 1. The first-order chi connectivity index (χ1) is 17.6. The Bertz CT molecular complexity index is 1010. The van der Waals surface area contributed by atoms with Crippen molar-refractivity contribution >= 4 is 21.8 Å². The van der Waals surface area contributed by atoms with Crippen LogP contribution < -0.4 is 0 Å². The number of nitrogens with zero attached hydrogens (tertiary/aromatic N) is 1. The summed E-state index contributed by atoms with van der Waals surface area (Å²) in [5, 5.41) is 2.86. The van der Waals surface area contributed by atoms with E-state index in [-0.39, 0.29) is 10.8 Å². The Hall–Kier alpha value is -1.76. The summed E-state index contributed by atoms with van der Waals surface area (Å²) in [5.41, 5.74) is 6.00. The van der Waals surface area contributed by atoms with Gasteiger partial charge in [-0.05, 0) is 52.6 Å². The van der Waals surface area contributed by atoms with Gasteiger partial charge in [0.2, 0.25) is 0 Å². The summed E-state index contributed by atoms with van der Waals surface area (Å²) >= 11 is 0. The van der Waals surface area contributed by atoms with Gasteiger partial charge in [0.25, 0.3) is 0 Å². The van der Waals surface area contributed by atoms with E-state index in [0.29, 0.717) is 0 Å². The number of benzene rings is 2. The molecule has 37 heavy (non-hydrogen) atoms. The molecule has 0 amide bonds. The SMILES string of the molecule is CCCCCCCCCCCCCCCCn1c2ccc(C(C)(C)C)cc2c2cc(C(C)(C)C)ccc21. The predicted molar refractivity (Wildman–Crippen MR) is 167 cm³/mol. The topological polar surface area (TPSA) is 4.93 Å². The van der Waals surface area contributed by atoms with Gasteiger partial charge in [0.05, 0.1) is 0 Å². The maximum absolute atomic E-state index is 2.60. The highest BCUT2D eigenvalue weighted by atomic mass is 15.0. The van der Waals surface area contributed by atoms with Crippen molar-refractivity contribution in [2.75, 3.05) is 0 Å². The van der Waals surface area contributed by atoms with Crippen molar-refractivity contribution in [3.05, 3.63) is 47.5 Å². The maximum Gasteiger partial charge on any atom is 0.0491 e. The van der Waals surface area contributed by atoms with Crippen LogP contribution in [0.15, 0.2) is 36.4 Å². The molecule has 0 aliphatic carbocycles. The summed E-state index contributed by atoms with van der Waals surface area (Å²) in [6.45, 7) is 17.4. The van der Waals surface area contributed by atoms with E-state index in [0.717, 1.165) is 6.54 Å². The van der Waals surface area contributed by atoms with Gasteiger partial charge >= 0.3 is 0 Å². The number of aryl methyl sites for hydroxylation is 1. The molecule has 0 saturated heterocycles. The molecule has 0 radical (unpaired) electrons. The van der Waals surface area contributed by atoms with Crippen LogP contribution in [0.1, 0.15) is 149 Å². The zero-order valence-electron chi connectivity index (χ0n) is 25.5. The lowest BCUT2D eigenvalue weighted by molar-refractivity contribution is 0.528. The van der Waals surface area contributed by atoms with Crippen LogP contribution in [0.2, 0.25) is 0 Å². The van der Waals surface area contributed by atoms with Crippen LogP contribution in [-0.2, 0) is 17.4 Å². The average molecular weight is 504 g/mol. The smallest absolute Gasteiger partial charge is 0.0491 e. The molecule has 1 nitrogen and oxygen atoms in total. The fraction of sp³-hybridized carbons (Fsp3) is 0.667. The van der Waals surface area contributed by atoms with Crippen molar-refractivity contribution in [3.8, 4) is 0 Å². The van der Waals surface area contributed by atoms with Crippen LogP contribution >= 0.6 is 0 Å². The summed E-state index contributed by atoms with van der Waals surface area (Å²) in [7, 11) is 0. The van der Waals surface area contributed by atoms with E-state index >= 15 is 0 Å². The molecular formula is C36H57N. The lowest BCUT2D eigenvalue weighted by atomic mass is 9.85. The van der Waals surface area contributed by atoms with Crippen LogP contribution in [-0.4, -0.2) is 4.57 Å². The van der Waals surface area contributed by atoms with Crippen LogP contribution in [0.3, 0.4) is 0 Å². The van der Waals surface area contributed by atoms with Crippen molar-refractivity contribution in [1.29, 1.82) is 0 Å². The Balaban J connectivity index is 1.53. The highest BCUT2D eigenvalue weighted by molar-refractivity contribution is 6.08. The molecule has 3 rings (SSSR count). The normalized spacial score (nSPS) is 12.7. The Labute approximate surface area is 229 Å². The van der Waals surface area contributed by atoms with Gasteiger partial charge in [-0.15, -0.1) is 0 Å². The molecule has 0 spiro atoms. The van der Waals surface area contributed by atoms with E-state index in [1.54, 1.807) is 0 Å². The fourth-order valence-corrected chi connectivity index (χ4v) is 5.74. The number of hydrogen-bond donors (Lipinski definition) is 0. The van der Waals surface area contributed by atoms with Gasteiger partial charge in [0, 0.05) is 28.4 Å². The van der Waals surface area contributed by atoms with Crippen molar-refractivity contribution in [3.63, 3.8) is 0 Å². The molecule has 1 heterocycles. The summed E-state index contributed by atoms with van der Waals surface area (Å²) in [6.07, 6.45) is 19.8. The molecule has 0 aliphatic heterocycles. The van der Waals surface area contributed by atoms with Crippen molar-refractivity contribution in [2.45, 2.75) is 156 Å². The van der Waals surface area contributed by atoms with E-state index in [2.05, 4.69) is 89.4 Å². The minimum atomic E-state index is 0.166. The minimum Gasteiger partial charge on any atom is -0.340 e. The molecule has 1 heteroatoms. The third-order valence-corrected chi connectivity index (χ3v) is 8.33. The quantitative estimate of drug-likeness (QED) is 0.182. The first-order valence-corrected chi connectivity index (χ1v) is 15.7. The first-order valence-electron chi connectivity index (χ1n) is 15.7. The fourth-order valence-electron chi connectivity index (χ4n) is 5.74. The lowest BCUT2D eigenvalue weighted by Crippen LogP contribution is -2.10. The van der Waals surface area contributed by atoms with Crippen LogP contribution in [0, 0.1) is 0 Å². The van der Waals surface area contributed by atoms with Crippen LogP contribution in [0.25, 0.3) is 21.8 Å². The Morgan fingerprint density at radius 1 is 0.486 bits per heavy atom. The maximum atomic E-state index is 2.60. The zero-order chi connectivity index (χ0) is 26.9. The monoisotopic (exact) mass is 503 g/mol. The Morgan fingerprint density at radius 2 is 0.838 bits per heavy atom. The second-order valence-electron chi connectivity index (χ2n) is 13.7. The van der Waals surface area contributed by atoms with Crippen molar-refractivity contribution in [1.82, 2.24) is 4.57 Å². The molecule has 0 N–H and O–H groups in total. The molecule has 0 atom stereocenters. The average Bonchev–Trinajstić information content (AvgIpc) is 3.15. The van der Waals surface area contributed by atoms with Crippen molar-refractivity contribution < 1.29 is 0 Å². The van der Waals surface area contributed by atoms with E-state index in [4.69, 9.17) is 0 Å². The highest BCUT2D eigenvalue weighted by Gasteiger charge is 2.20. The van der Waals surface area contributed by atoms with Gasteiger partial charge < -0.3 is 4.57 Å². The summed E-state index contributed by atoms with van der Waals surface area (Å²) in [6, 6.07) is 14.4. The molecule has 0 saturated carbocycles. The third-order valence-electron chi connectivity index (χ3n) is 8.33. The Kier molecular flexibility index (Phi) is 11.2. The van der Waals surface area contributed by atoms with Gasteiger partial charge in [-0.3, -0.25) is 0 Å². The molecule has 1 aromatic heterocycles. The number of rotatable bonds is 15. The minimum absolute atomic E-state index is 0.166. The van der Waals surface area contributed by atoms with Gasteiger partial charge in [-0.1, -0.05) is 144 Å². The van der Waals surface area contributed by atoms with E-state index in [1.807, 2.05) is 0 Å². The molecule has 0 aliphatic rings. The molecule has 0 fully saturated rings. The summed E-state index contributed by atoms with van der Waals surface area (Å²) in [4.78, 5) is 0. The second kappa shape index (κ2) is 13.9. The summed E-state index contributed by atoms with van der Waals surface area (Å²) < 4.78 is 2.60. The van der Waals surface area contributed by atoms with Gasteiger partial charge in [-0.25, -0.2) is 0 Å². The van der Waals surface area contributed by atoms with Crippen molar-refractivity contribution in [2.24, 2.45) is 0 Å². The Morgan fingerprint density at radius 3 is 1.19 bits per heavy atom. The standard InChI is InChI=1S/C36H57N/c1-8-9-10-11-12-13-14-15-16-17-18-19-20-21-26-37-33-24-22-29(35(2,3)4)27-31(33)32-28-30(36(5,6)7)23-25-34(32)37/h22-25,27-28H,8-21,26H2,1-7H3. The predicted octanol–water partition coefficient (Wildman–Crippen LogP) is 11.9. The second-order valence-corrected chi connectivity index (χ2v) is 13.7. The van der Waals surface area contributed by atoms with E-state index in [9.17, 15) is 0 Å². The molecule has 0 bridgehead atoms. The van der Waals surface area contributed by atoms with Crippen LogP contribution in [0.4, 0.5) is 0 Å². The lowest BCUT2D eigenvalue weighted by Gasteiger charge is -2.19. The van der Waals surface area contributed by atoms with Gasteiger partial charge in [0.15, 0.2) is 0 Å².